The van der Waals surface area contributed by atoms with Gasteiger partial charge in [0.15, 0.2) is 0 Å². The van der Waals surface area contributed by atoms with Gasteiger partial charge in [-0.1, -0.05) is 19.1 Å². The van der Waals surface area contributed by atoms with Crippen LogP contribution in [0.15, 0.2) is 18.2 Å². The van der Waals surface area contributed by atoms with Crippen molar-refractivity contribution >= 4 is 5.69 Å². The third kappa shape index (κ3) is 2.63. The molecule has 1 aromatic rings. The number of benzene rings is 1. The van der Waals surface area contributed by atoms with E-state index in [-0.39, 0.29) is 0 Å². The Labute approximate surface area is 105 Å². The van der Waals surface area contributed by atoms with E-state index in [1.165, 1.54) is 37.2 Å². The fourth-order valence-corrected chi connectivity index (χ4v) is 2.70. The van der Waals surface area contributed by atoms with Crippen LogP contribution in [0, 0.1) is 0 Å². The summed E-state index contributed by atoms with van der Waals surface area (Å²) in [7, 11) is 2.04. The van der Waals surface area contributed by atoms with E-state index in [1.807, 2.05) is 7.05 Å². The molecule has 0 aromatic heterocycles. The van der Waals surface area contributed by atoms with E-state index < -0.39 is 0 Å². The van der Waals surface area contributed by atoms with Crippen molar-refractivity contribution in [2.45, 2.75) is 39.2 Å². The molecule has 0 aliphatic carbocycles. The first kappa shape index (κ1) is 12.4. The van der Waals surface area contributed by atoms with Gasteiger partial charge >= 0.3 is 0 Å². The molecule has 2 rings (SSSR count). The first-order valence-electron chi connectivity index (χ1n) is 6.79. The minimum absolute atomic E-state index is 0.557. The van der Waals surface area contributed by atoms with Crippen LogP contribution in [-0.4, -0.2) is 26.2 Å². The van der Waals surface area contributed by atoms with Crippen LogP contribution in [0.25, 0.3) is 0 Å². The fourth-order valence-electron chi connectivity index (χ4n) is 2.70. The Hall–Kier alpha value is -1.02. The number of rotatable bonds is 5. The van der Waals surface area contributed by atoms with Gasteiger partial charge in [-0.2, -0.15) is 0 Å². The summed E-state index contributed by atoms with van der Waals surface area (Å²) < 4.78 is 0. The first-order valence-corrected chi connectivity index (χ1v) is 6.79. The molecule has 17 heavy (non-hydrogen) atoms. The van der Waals surface area contributed by atoms with Crippen molar-refractivity contribution in [2.75, 3.05) is 25.0 Å². The van der Waals surface area contributed by atoms with Crippen molar-refractivity contribution in [1.29, 1.82) is 0 Å². The zero-order valence-electron chi connectivity index (χ0n) is 11.3. The summed E-state index contributed by atoms with van der Waals surface area (Å²) in [5, 5.41) is 3.33. The second kappa shape index (κ2) is 5.54. The van der Waals surface area contributed by atoms with Crippen molar-refractivity contribution in [1.82, 2.24) is 5.32 Å². The van der Waals surface area contributed by atoms with E-state index in [4.69, 9.17) is 0 Å². The average molecular weight is 232 g/mol. The van der Waals surface area contributed by atoms with Crippen molar-refractivity contribution in [3.63, 3.8) is 0 Å². The van der Waals surface area contributed by atoms with E-state index in [9.17, 15) is 0 Å². The second-order valence-electron chi connectivity index (χ2n) is 5.05. The molecule has 1 heterocycles. The Balaban J connectivity index is 2.20. The van der Waals surface area contributed by atoms with Gasteiger partial charge in [0.2, 0.25) is 0 Å². The maximum Gasteiger partial charge on any atom is 0.0402 e. The number of nitrogens with zero attached hydrogens (tertiary/aromatic N) is 1. The highest BCUT2D eigenvalue weighted by atomic mass is 15.1. The molecule has 0 fully saturated rings. The lowest BCUT2D eigenvalue weighted by Gasteiger charge is -2.19. The van der Waals surface area contributed by atoms with E-state index in [0.717, 1.165) is 6.42 Å². The van der Waals surface area contributed by atoms with Crippen LogP contribution >= 0.6 is 0 Å². The molecule has 1 aliphatic heterocycles. The predicted octanol–water partition coefficient (Wildman–Crippen LogP) is 2.61. The molecule has 2 nitrogen and oxygen atoms in total. The van der Waals surface area contributed by atoms with Crippen molar-refractivity contribution in [3.05, 3.63) is 29.3 Å². The number of hydrogen-bond donors (Lipinski definition) is 1. The normalized spacial score (nSPS) is 16.1. The molecule has 0 saturated heterocycles. The van der Waals surface area contributed by atoms with Gasteiger partial charge in [0.1, 0.15) is 0 Å². The average Bonchev–Trinajstić information content (AvgIpc) is 2.74. The Morgan fingerprint density at radius 2 is 2.24 bits per heavy atom. The predicted molar refractivity (Wildman–Crippen MR) is 74.9 cm³/mol. The van der Waals surface area contributed by atoms with Gasteiger partial charge in [0, 0.05) is 24.8 Å². The SMILES string of the molecule is CCCN1CCc2c(CC(C)NC)cccc21. The molecule has 0 radical (unpaired) electrons. The first-order chi connectivity index (χ1) is 8.26. The highest BCUT2D eigenvalue weighted by Gasteiger charge is 2.20. The number of anilines is 1. The van der Waals surface area contributed by atoms with Crippen LogP contribution in [0.3, 0.4) is 0 Å². The topological polar surface area (TPSA) is 15.3 Å². The molecule has 1 aliphatic rings. The number of nitrogens with one attached hydrogen (secondary N) is 1. The maximum absolute atomic E-state index is 3.33. The molecule has 1 atom stereocenters. The Bertz CT molecular complexity index is 373. The molecule has 1 N–H and O–H groups in total. The van der Waals surface area contributed by atoms with Crippen LogP contribution < -0.4 is 10.2 Å². The molecule has 94 valence electrons. The molecular formula is C15H24N2. The van der Waals surface area contributed by atoms with Gasteiger partial charge in [0.05, 0.1) is 0 Å². The summed E-state index contributed by atoms with van der Waals surface area (Å²) in [5.74, 6) is 0. The summed E-state index contributed by atoms with van der Waals surface area (Å²) in [5.41, 5.74) is 4.60. The number of fused-ring (bicyclic) bond motifs is 1. The molecule has 2 heteroatoms. The molecule has 0 spiro atoms. The molecule has 0 amide bonds. The van der Waals surface area contributed by atoms with Crippen molar-refractivity contribution < 1.29 is 0 Å². The summed E-state index contributed by atoms with van der Waals surface area (Å²) in [6, 6.07) is 7.35. The van der Waals surface area contributed by atoms with Gasteiger partial charge in [0.25, 0.3) is 0 Å². The summed E-state index contributed by atoms with van der Waals surface area (Å²) in [6.45, 7) is 6.90. The van der Waals surface area contributed by atoms with E-state index in [1.54, 1.807) is 5.56 Å². The van der Waals surface area contributed by atoms with Crippen molar-refractivity contribution in [3.8, 4) is 0 Å². The summed E-state index contributed by atoms with van der Waals surface area (Å²) in [4.78, 5) is 2.53. The van der Waals surface area contributed by atoms with E-state index in [2.05, 4.69) is 42.3 Å². The highest BCUT2D eigenvalue weighted by molar-refractivity contribution is 5.61. The summed E-state index contributed by atoms with van der Waals surface area (Å²) >= 11 is 0. The van der Waals surface area contributed by atoms with Gasteiger partial charge in [-0.15, -0.1) is 0 Å². The quantitative estimate of drug-likeness (QED) is 0.839. The lowest BCUT2D eigenvalue weighted by Crippen LogP contribution is -2.24. The third-order valence-electron chi connectivity index (χ3n) is 3.73. The van der Waals surface area contributed by atoms with Gasteiger partial charge in [-0.3, -0.25) is 0 Å². The lowest BCUT2D eigenvalue weighted by atomic mass is 9.99. The van der Waals surface area contributed by atoms with Gasteiger partial charge < -0.3 is 10.2 Å². The number of hydrogen-bond acceptors (Lipinski definition) is 2. The lowest BCUT2D eigenvalue weighted by molar-refractivity contribution is 0.606. The zero-order valence-corrected chi connectivity index (χ0v) is 11.3. The van der Waals surface area contributed by atoms with E-state index >= 15 is 0 Å². The van der Waals surface area contributed by atoms with Crippen molar-refractivity contribution in [2.24, 2.45) is 0 Å². The van der Waals surface area contributed by atoms with Crippen LogP contribution in [0.1, 0.15) is 31.4 Å². The molecule has 0 bridgehead atoms. The van der Waals surface area contributed by atoms with Gasteiger partial charge in [-0.05, 0) is 50.4 Å². The van der Waals surface area contributed by atoms with E-state index in [0.29, 0.717) is 6.04 Å². The van der Waals surface area contributed by atoms with Crippen LogP contribution in [-0.2, 0) is 12.8 Å². The largest absolute Gasteiger partial charge is 0.371 e. The molecule has 1 aromatic carbocycles. The third-order valence-corrected chi connectivity index (χ3v) is 3.73. The smallest absolute Gasteiger partial charge is 0.0402 e. The van der Waals surface area contributed by atoms with Crippen LogP contribution in [0.5, 0.6) is 0 Å². The molecule has 0 saturated carbocycles. The number of likely N-dealkylation sites (N-methyl/N-ethyl adjacent to an activating group) is 1. The summed E-state index contributed by atoms with van der Waals surface area (Å²) in [6.07, 6.45) is 3.60. The monoisotopic (exact) mass is 232 g/mol. The Morgan fingerprint density at radius 3 is 2.94 bits per heavy atom. The molecular weight excluding hydrogens is 208 g/mol. The standard InChI is InChI=1S/C15H24N2/c1-4-9-17-10-8-14-13(11-12(2)16-3)6-5-7-15(14)17/h5-7,12,16H,4,8-11H2,1-3H3. The molecule has 1 unspecified atom stereocenters. The van der Waals surface area contributed by atoms with Crippen LogP contribution in [0.2, 0.25) is 0 Å². The highest BCUT2D eigenvalue weighted by Crippen LogP contribution is 2.31. The second-order valence-corrected chi connectivity index (χ2v) is 5.05. The van der Waals surface area contributed by atoms with Crippen LogP contribution in [0.4, 0.5) is 5.69 Å². The van der Waals surface area contributed by atoms with Gasteiger partial charge in [-0.25, -0.2) is 0 Å². The maximum atomic E-state index is 3.33. The Kier molecular flexibility index (Phi) is 4.06. The zero-order chi connectivity index (χ0) is 12.3. The fraction of sp³-hybridized carbons (Fsp3) is 0.600. The Morgan fingerprint density at radius 1 is 1.41 bits per heavy atom. The minimum Gasteiger partial charge on any atom is -0.371 e. The minimum atomic E-state index is 0.557.